The van der Waals surface area contributed by atoms with Crippen molar-refractivity contribution in [2.24, 2.45) is 17.8 Å². The molecule has 3 aliphatic rings. The Morgan fingerprint density at radius 1 is 1.10 bits per heavy atom. The van der Waals surface area contributed by atoms with Crippen molar-refractivity contribution in [3.05, 3.63) is 30.0 Å². The van der Waals surface area contributed by atoms with E-state index in [-0.39, 0.29) is 36.0 Å². The lowest BCUT2D eigenvalue weighted by molar-refractivity contribution is -0.146. The average Bonchev–Trinajstić information content (AvgIpc) is 3.70. The summed E-state index contributed by atoms with van der Waals surface area (Å²) in [6.07, 6.45) is 7.08. The number of hydrogen-bond donors (Lipinski definition) is 3. The van der Waals surface area contributed by atoms with Gasteiger partial charge in [0.25, 0.3) is 5.91 Å². The minimum Gasteiger partial charge on any atom is -0.496 e. The summed E-state index contributed by atoms with van der Waals surface area (Å²) in [5, 5.41) is 6.42. The number of fused-ring (bicyclic) bond motifs is 1. The van der Waals surface area contributed by atoms with E-state index in [0.717, 1.165) is 23.7 Å². The second-order valence-corrected chi connectivity index (χ2v) is 11.1. The standard InChI is InChI=1S/C29H38N4O6/c1-38-25-10-6-9-21-20(25)15-22(31-21)28(36)33-16-19(17-7-4-3-5-8-17)14-24(33)27(35)32-23(29(37)39-2)13-18-11-12-30-26(18)34/h6,9-10,15,17-19,23-24,31H,3-5,7-8,11-14,16H2,1-2H3,(H,30,34)(H,32,35)/t18-,19+,23?,24-/m0/s1. The zero-order valence-electron chi connectivity index (χ0n) is 22.7. The maximum absolute atomic E-state index is 13.9. The first-order valence-corrected chi connectivity index (χ1v) is 14.0. The molecule has 1 aliphatic carbocycles. The molecule has 1 saturated carbocycles. The fourth-order valence-corrected chi connectivity index (χ4v) is 6.64. The van der Waals surface area contributed by atoms with E-state index in [1.165, 1.54) is 26.4 Å². The third-order valence-corrected chi connectivity index (χ3v) is 8.77. The molecule has 210 valence electrons. The Morgan fingerprint density at radius 2 is 1.90 bits per heavy atom. The van der Waals surface area contributed by atoms with Gasteiger partial charge in [-0.1, -0.05) is 38.2 Å². The fourth-order valence-electron chi connectivity index (χ4n) is 6.64. The summed E-state index contributed by atoms with van der Waals surface area (Å²) in [4.78, 5) is 57.2. The Bertz CT molecular complexity index is 1240. The molecule has 3 N–H and O–H groups in total. The Balaban J connectivity index is 1.39. The number of nitrogens with one attached hydrogen (secondary N) is 3. The molecule has 1 unspecified atom stereocenters. The van der Waals surface area contributed by atoms with E-state index in [1.807, 2.05) is 18.2 Å². The second-order valence-electron chi connectivity index (χ2n) is 11.1. The van der Waals surface area contributed by atoms with Crippen LogP contribution in [0.2, 0.25) is 0 Å². The van der Waals surface area contributed by atoms with Crippen molar-refractivity contribution < 1.29 is 28.7 Å². The highest BCUT2D eigenvalue weighted by molar-refractivity contribution is 6.02. The van der Waals surface area contributed by atoms with Crippen LogP contribution in [0.4, 0.5) is 0 Å². The van der Waals surface area contributed by atoms with Crippen LogP contribution in [-0.2, 0) is 19.1 Å². The predicted octanol–water partition coefficient (Wildman–Crippen LogP) is 2.77. The zero-order chi connectivity index (χ0) is 27.5. The first-order valence-electron chi connectivity index (χ1n) is 14.0. The molecule has 2 saturated heterocycles. The summed E-state index contributed by atoms with van der Waals surface area (Å²) in [5.41, 5.74) is 1.17. The third-order valence-electron chi connectivity index (χ3n) is 8.77. The van der Waals surface area contributed by atoms with E-state index in [4.69, 9.17) is 9.47 Å². The number of benzene rings is 1. The molecule has 3 fully saturated rings. The van der Waals surface area contributed by atoms with Gasteiger partial charge in [0, 0.05) is 29.9 Å². The number of likely N-dealkylation sites (tertiary alicyclic amines) is 1. The third kappa shape index (κ3) is 5.60. The van der Waals surface area contributed by atoms with Crippen LogP contribution in [0.3, 0.4) is 0 Å². The molecule has 2 aliphatic heterocycles. The van der Waals surface area contributed by atoms with Gasteiger partial charge >= 0.3 is 5.97 Å². The number of rotatable bonds is 8. The van der Waals surface area contributed by atoms with Gasteiger partial charge in [-0.3, -0.25) is 14.4 Å². The van der Waals surface area contributed by atoms with Crippen molar-refractivity contribution in [1.29, 1.82) is 0 Å². The van der Waals surface area contributed by atoms with Crippen LogP contribution >= 0.6 is 0 Å². The number of carbonyl (C=O) groups is 4. The molecule has 0 spiro atoms. The quantitative estimate of drug-likeness (QED) is 0.443. The lowest BCUT2D eigenvalue weighted by atomic mass is 9.79. The van der Waals surface area contributed by atoms with Crippen LogP contribution in [0.5, 0.6) is 5.75 Å². The maximum Gasteiger partial charge on any atom is 0.328 e. The number of ether oxygens (including phenoxy) is 2. The number of hydrogen-bond acceptors (Lipinski definition) is 6. The molecule has 3 heterocycles. The SMILES string of the molecule is COC(=O)C(C[C@@H]1CCNC1=O)NC(=O)[C@@H]1C[C@@H](C2CCCCC2)CN1C(=O)c1cc2c(OC)cccc2[nH]1. The van der Waals surface area contributed by atoms with Crippen molar-refractivity contribution in [3.8, 4) is 5.75 Å². The van der Waals surface area contributed by atoms with Crippen LogP contribution in [0.25, 0.3) is 10.9 Å². The fraction of sp³-hybridized carbons (Fsp3) is 0.586. The average molecular weight is 539 g/mol. The van der Waals surface area contributed by atoms with Crippen LogP contribution in [0.1, 0.15) is 61.9 Å². The summed E-state index contributed by atoms with van der Waals surface area (Å²) in [5.74, 6) is -0.384. The van der Waals surface area contributed by atoms with Crippen molar-refractivity contribution in [2.75, 3.05) is 27.3 Å². The van der Waals surface area contributed by atoms with Crippen LogP contribution in [0, 0.1) is 17.8 Å². The lowest BCUT2D eigenvalue weighted by Gasteiger charge is -2.27. The molecule has 2 aromatic rings. The Labute approximate surface area is 228 Å². The van der Waals surface area contributed by atoms with Crippen molar-refractivity contribution in [1.82, 2.24) is 20.5 Å². The zero-order valence-corrected chi connectivity index (χ0v) is 22.7. The molecule has 0 radical (unpaired) electrons. The van der Waals surface area contributed by atoms with Gasteiger partial charge in [0.05, 0.1) is 14.2 Å². The molecule has 10 heteroatoms. The van der Waals surface area contributed by atoms with Gasteiger partial charge in [0.15, 0.2) is 0 Å². The van der Waals surface area contributed by atoms with Crippen LogP contribution in [0.15, 0.2) is 24.3 Å². The number of amides is 3. The lowest BCUT2D eigenvalue weighted by Crippen LogP contribution is -2.51. The van der Waals surface area contributed by atoms with E-state index in [2.05, 4.69) is 15.6 Å². The van der Waals surface area contributed by atoms with Gasteiger partial charge in [-0.15, -0.1) is 0 Å². The molecule has 10 nitrogen and oxygen atoms in total. The molecular formula is C29H38N4O6. The molecule has 1 aromatic heterocycles. The summed E-state index contributed by atoms with van der Waals surface area (Å²) in [7, 11) is 2.86. The smallest absolute Gasteiger partial charge is 0.328 e. The number of nitrogens with zero attached hydrogens (tertiary/aromatic N) is 1. The number of aromatic nitrogens is 1. The van der Waals surface area contributed by atoms with E-state index < -0.39 is 18.1 Å². The maximum atomic E-state index is 13.9. The van der Waals surface area contributed by atoms with Gasteiger partial charge in [-0.25, -0.2) is 4.79 Å². The van der Waals surface area contributed by atoms with Gasteiger partial charge < -0.3 is 30.0 Å². The summed E-state index contributed by atoms with van der Waals surface area (Å²) >= 11 is 0. The first kappa shape index (κ1) is 27.0. The topological polar surface area (TPSA) is 130 Å². The molecular weight excluding hydrogens is 500 g/mol. The molecule has 5 rings (SSSR count). The number of methoxy groups -OCH3 is 2. The van der Waals surface area contributed by atoms with Crippen molar-refractivity contribution >= 4 is 34.6 Å². The second kappa shape index (κ2) is 11.7. The van der Waals surface area contributed by atoms with Gasteiger partial charge in [0.2, 0.25) is 11.8 Å². The molecule has 3 amide bonds. The van der Waals surface area contributed by atoms with E-state index in [1.54, 1.807) is 18.1 Å². The minimum atomic E-state index is -0.959. The van der Waals surface area contributed by atoms with Crippen LogP contribution < -0.4 is 15.4 Å². The first-order chi connectivity index (χ1) is 18.9. The minimum absolute atomic E-state index is 0.123. The molecule has 4 atom stereocenters. The Morgan fingerprint density at radius 3 is 2.59 bits per heavy atom. The predicted molar refractivity (Wildman–Crippen MR) is 144 cm³/mol. The Kier molecular flexibility index (Phi) is 8.09. The van der Waals surface area contributed by atoms with Crippen LogP contribution in [-0.4, -0.2) is 73.0 Å². The monoisotopic (exact) mass is 538 g/mol. The largest absolute Gasteiger partial charge is 0.496 e. The summed E-state index contributed by atoms with van der Waals surface area (Å²) in [6, 6.07) is 5.67. The van der Waals surface area contributed by atoms with Crippen molar-refractivity contribution in [3.63, 3.8) is 0 Å². The Hall–Kier alpha value is -3.56. The number of esters is 1. The van der Waals surface area contributed by atoms with E-state index in [9.17, 15) is 19.2 Å². The highest BCUT2D eigenvalue weighted by atomic mass is 16.5. The van der Waals surface area contributed by atoms with Crippen molar-refractivity contribution in [2.45, 2.75) is 63.5 Å². The number of carbonyl (C=O) groups excluding carboxylic acids is 4. The normalized spacial score (nSPS) is 24.4. The van der Waals surface area contributed by atoms with Gasteiger partial charge in [-0.05, 0) is 49.3 Å². The number of H-pyrrole nitrogens is 1. The highest BCUT2D eigenvalue weighted by Crippen LogP contribution is 2.38. The summed E-state index contributed by atoms with van der Waals surface area (Å²) < 4.78 is 10.4. The highest BCUT2D eigenvalue weighted by Gasteiger charge is 2.44. The molecule has 1 aromatic carbocycles. The molecule has 39 heavy (non-hydrogen) atoms. The van der Waals surface area contributed by atoms with E-state index in [0.29, 0.717) is 43.3 Å². The number of aromatic amines is 1. The molecule has 0 bridgehead atoms. The van der Waals surface area contributed by atoms with E-state index >= 15 is 0 Å². The van der Waals surface area contributed by atoms with Gasteiger partial charge in [0.1, 0.15) is 23.5 Å². The van der Waals surface area contributed by atoms with Gasteiger partial charge in [-0.2, -0.15) is 0 Å². The summed E-state index contributed by atoms with van der Waals surface area (Å²) in [6.45, 7) is 1.04.